The summed E-state index contributed by atoms with van der Waals surface area (Å²) in [6.07, 6.45) is 2.87. The number of fused-ring (bicyclic) bond motifs is 2. The highest BCUT2D eigenvalue weighted by atomic mass is 79.9. The Bertz CT molecular complexity index is 844. The SMILES string of the molecule is CCCc1cc(O)cc2c1Oc1cc(O)c(Br)c(CCC)c1C(=O)O2. The molecule has 6 heteroatoms. The summed E-state index contributed by atoms with van der Waals surface area (Å²) in [4.78, 5) is 12.7. The molecular formula is C19H19BrO5. The van der Waals surface area contributed by atoms with E-state index in [1.165, 1.54) is 12.1 Å². The first-order valence-electron chi connectivity index (χ1n) is 8.26. The van der Waals surface area contributed by atoms with Gasteiger partial charge in [0.05, 0.1) is 4.47 Å². The van der Waals surface area contributed by atoms with Crippen molar-refractivity contribution < 1.29 is 24.5 Å². The van der Waals surface area contributed by atoms with Crippen LogP contribution in [0.5, 0.6) is 28.7 Å². The fraction of sp³-hybridized carbons (Fsp3) is 0.316. The molecule has 3 rings (SSSR count). The van der Waals surface area contributed by atoms with Crippen LogP contribution in [0.4, 0.5) is 0 Å². The minimum absolute atomic E-state index is 0.00858. The Balaban J connectivity index is 2.22. The van der Waals surface area contributed by atoms with Gasteiger partial charge in [0, 0.05) is 17.7 Å². The van der Waals surface area contributed by atoms with Gasteiger partial charge >= 0.3 is 5.97 Å². The Hall–Kier alpha value is -2.21. The highest BCUT2D eigenvalue weighted by Crippen LogP contribution is 2.46. The van der Waals surface area contributed by atoms with E-state index in [0.29, 0.717) is 34.2 Å². The number of phenols is 2. The molecule has 2 aromatic rings. The first kappa shape index (κ1) is 17.6. The average Bonchev–Trinajstić information content (AvgIpc) is 2.68. The van der Waals surface area contributed by atoms with E-state index in [0.717, 1.165) is 18.4 Å². The zero-order valence-electron chi connectivity index (χ0n) is 14.1. The number of benzene rings is 2. The number of hydrogen-bond acceptors (Lipinski definition) is 5. The molecule has 0 bridgehead atoms. The van der Waals surface area contributed by atoms with Crippen molar-refractivity contribution in [3.05, 3.63) is 39.4 Å². The van der Waals surface area contributed by atoms with E-state index in [1.807, 2.05) is 13.8 Å². The molecule has 1 aliphatic rings. The third-order valence-corrected chi connectivity index (χ3v) is 4.95. The molecule has 0 fully saturated rings. The monoisotopic (exact) mass is 406 g/mol. The summed E-state index contributed by atoms with van der Waals surface area (Å²) in [5, 5.41) is 20.1. The van der Waals surface area contributed by atoms with Gasteiger partial charge < -0.3 is 19.7 Å². The van der Waals surface area contributed by atoms with Gasteiger partial charge in [0.25, 0.3) is 0 Å². The van der Waals surface area contributed by atoms with Gasteiger partial charge in [0.1, 0.15) is 22.8 Å². The molecule has 0 radical (unpaired) electrons. The van der Waals surface area contributed by atoms with Gasteiger partial charge in [0.2, 0.25) is 0 Å². The minimum Gasteiger partial charge on any atom is -0.508 e. The van der Waals surface area contributed by atoms with Gasteiger partial charge in [-0.3, -0.25) is 0 Å². The van der Waals surface area contributed by atoms with Crippen molar-refractivity contribution in [1.82, 2.24) is 0 Å². The van der Waals surface area contributed by atoms with Gasteiger partial charge in [-0.1, -0.05) is 26.7 Å². The molecule has 0 saturated heterocycles. The molecule has 0 atom stereocenters. The number of hydrogen-bond donors (Lipinski definition) is 2. The largest absolute Gasteiger partial charge is 0.508 e. The molecule has 0 amide bonds. The minimum atomic E-state index is -0.564. The molecule has 5 nitrogen and oxygen atoms in total. The van der Waals surface area contributed by atoms with Crippen molar-refractivity contribution in [2.75, 3.05) is 0 Å². The van der Waals surface area contributed by atoms with Crippen LogP contribution in [-0.4, -0.2) is 16.2 Å². The van der Waals surface area contributed by atoms with Crippen LogP contribution in [0.1, 0.15) is 48.2 Å². The van der Waals surface area contributed by atoms with Crippen LogP contribution < -0.4 is 9.47 Å². The normalized spacial score (nSPS) is 12.7. The second-order valence-electron chi connectivity index (χ2n) is 5.99. The third kappa shape index (κ3) is 3.18. The summed E-state index contributed by atoms with van der Waals surface area (Å²) in [7, 11) is 0. The lowest BCUT2D eigenvalue weighted by Gasteiger charge is -2.14. The lowest BCUT2D eigenvalue weighted by molar-refractivity contribution is 0.0736. The van der Waals surface area contributed by atoms with Crippen LogP contribution in [0, 0.1) is 0 Å². The average molecular weight is 407 g/mol. The van der Waals surface area contributed by atoms with E-state index >= 15 is 0 Å². The zero-order valence-corrected chi connectivity index (χ0v) is 15.6. The molecule has 2 N–H and O–H groups in total. The predicted molar refractivity (Wildman–Crippen MR) is 96.9 cm³/mol. The lowest BCUT2D eigenvalue weighted by atomic mass is 10.0. The lowest BCUT2D eigenvalue weighted by Crippen LogP contribution is -2.11. The molecule has 0 spiro atoms. The number of halogens is 1. The molecule has 25 heavy (non-hydrogen) atoms. The molecule has 2 aromatic carbocycles. The van der Waals surface area contributed by atoms with Crippen LogP contribution in [0.25, 0.3) is 0 Å². The highest BCUT2D eigenvalue weighted by Gasteiger charge is 2.30. The number of carbonyl (C=O) groups excluding carboxylic acids is 1. The Labute approximate surface area is 154 Å². The van der Waals surface area contributed by atoms with Crippen molar-refractivity contribution in [2.24, 2.45) is 0 Å². The van der Waals surface area contributed by atoms with E-state index in [-0.39, 0.29) is 23.0 Å². The second kappa shape index (κ2) is 6.96. The van der Waals surface area contributed by atoms with Crippen molar-refractivity contribution in [3.63, 3.8) is 0 Å². The van der Waals surface area contributed by atoms with Crippen LogP contribution in [0.2, 0.25) is 0 Å². The molecule has 0 saturated carbocycles. The summed E-state index contributed by atoms with van der Waals surface area (Å²) in [5.74, 6) is 0.303. The first-order chi connectivity index (χ1) is 12.0. The van der Waals surface area contributed by atoms with E-state index in [2.05, 4.69) is 15.9 Å². The standard InChI is InChI=1S/C19H19BrO5/c1-3-5-10-7-11(21)8-15-18(10)24-14-9-13(22)17(20)12(6-4-2)16(14)19(23)25-15/h7-9,21-22H,3-6H2,1-2H3. The third-order valence-electron chi connectivity index (χ3n) is 4.06. The zero-order chi connectivity index (χ0) is 18.1. The number of esters is 1. The van der Waals surface area contributed by atoms with Crippen molar-refractivity contribution in [3.8, 4) is 28.7 Å². The molecule has 0 aromatic heterocycles. The van der Waals surface area contributed by atoms with E-state index in [4.69, 9.17) is 9.47 Å². The Morgan fingerprint density at radius 2 is 1.72 bits per heavy atom. The second-order valence-corrected chi connectivity index (χ2v) is 6.78. The number of carbonyl (C=O) groups is 1. The maximum absolute atomic E-state index is 12.7. The molecule has 1 heterocycles. The highest BCUT2D eigenvalue weighted by molar-refractivity contribution is 9.10. The number of rotatable bonds is 4. The molecule has 0 unspecified atom stereocenters. The van der Waals surface area contributed by atoms with Crippen molar-refractivity contribution in [1.29, 1.82) is 0 Å². The molecule has 132 valence electrons. The first-order valence-corrected chi connectivity index (χ1v) is 9.05. The smallest absolute Gasteiger partial charge is 0.347 e. The summed E-state index contributed by atoms with van der Waals surface area (Å²) in [6.45, 7) is 3.99. The van der Waals surface area contributed by atoms with Gasteiger partial charge in [-0.15, -0.1) is 0 Å². The summed E-state index contributed by atoms with van der Waals surface area (Å²) >= 11 is 3.35. The molecule has 1 aliphatic heterocycles. The maximum Gasteiger partial charge on any atom is 0.347 e. The molecular weight excluding hydrogens is 388 g/mol. The fourth-order valence-electron chi connectivity index (χ4n) is 3.01. The van der Waals surface area contributed by atoms with Crippen molar-refractivity contribution in [2.45, 2.75) is 39.5 Å². The Kier molecular flexibility index (Phi) is 4.90. The van der Waals surface area contributed by atoms with Gasteiger partial charge in [-0.05, 0) is 40.4 Å². The van der Waals surface area contributed by atoms with Crippen LogP contribution in [0.15, 0.2) is 22.7 Å². The number of aryl methyl sites for hydroxylation is 1. The van der Waals surface area contributed by atoms with Gasteiger partial charge in [-0.25, -0.2) is 4.79 Å². The quantitative estimate of drug-likeness (QED) is 0.546. The Morgan fingerprint density at radius 1 is 1.00 bits per heavy atom. The van der Waals surface area contributed by atoms with E-state index < -0.39 is 5.97 Å². The number of phenolic OH excluding ortho intramolecular Hbond substituents is 2. The van der Waals surface area contributed by atoms with Crippen LogP contribution in [0.3, 0.4) is 0 Å². The summed E-state index contributed by atoms with van der Waals surface area (Å²) in [5.41, 5.74) is 1.69. The predicted octanol–water partition coefficient (Wildman–Crippen LogP) is 5.09. The Morgan fingerprint density at radius 3 is 2.40 bits per heavy atom. The van der Waals surface area contributed by atoms with E-state index in [9.17, 15) is 15.0 Å². The number of ether oxygens (including phenoxy) is 2. The van der Waals surface area contributed by atoms with Crippen LogP contribution >= 0.6 is 15.9 Å². The summed E-state index contributed by atoms with van der Waals surface area (Å²) in [6, 6.07) is 4.39. The van der Waals surface area contributed by atoms with Crippen molar-refractivity contribution >= 4 is 21.9 Å². The number of aromatic hydroxyl groups is 2. The maximum atomic E-state index is 12.7. The van der Waals surface area contributed by atoms with Gasteiger partial charge in [-0.2, -0.15) is 0 Å². The van der Waals surface area contributed by atoms with E-state index in [1.54, 1.807) is 6.07 Å². The van der Waals surface area contributed by atoms with Gasteiger partial charge in [0.15, 0.2) is 11.5 Å². The molecule has 0 aliphatic carbocycles. The fourth-order valence-corrected chi connectivity index (χ4v) is 3.52. The topological polar surface area (TPSA) is 76.0 Å². The summed E-state index contributed by atoms with van der Waals surface area (Å²) < 4.78 is 12.0. The van der Waals surface area contributed by atoms with Crippen LogP contribution in [-0.2, 0) is 12.8 Å².